The van der Waals surface area contributed by atoms with Crippen molar-refractivity contribution in [2.45, 2.75) is 59.0 Å². The smallest absolute Gasteiger partial charge is 0.193 e. The van der Waals surface area contributed by atoms with E-state index in [-0.39, 0.29) is 11.9 Å². The van der Waals surface area contributed by atoms with E-state index < -0.39 is 5.79 Å². The lowest BCUT2D eigenvalue weighted by molar-refractivity contribution is -0.138. The molecule has 1 unspecified atom stereocenters. The van der Waals surface area contributed by atoms with E-state index in [1.807, 2.05) is 32.9 Å². The van der Waals surface area contributed by atoms with Gasteiger partial charge in [0.05, 0.1) is 12.7 Å². The van der Waals surface area contributed by atoms with Crippen LogP contribution >= 0.6 is 0 Å². The molecule has 0 aliphatic carbocycles. The maximum Gasteiger partial charge on any atom is 0.193 e. The second-order valence-electron chi connectivity index (χ2n) is 9.46. The number of fused-ring (bicyclic) bond motifs is 3. The topological polar surface area (TPSA) is 40.5 Å². The minimum atomic E-state index is -0.485. The molecule has 0 N–H and O–H groups in total. The highest BCUT2D eigenvalue weighted by atomic mass is 16.7. The van der Waals surface area contributed by atoms with Crippen molar-refractivity contribution in [3.05, 3.63) is 82.9 Å². The van der Waals surface area contributed by atoms with E-state index in [1.165, 1.54) is 22.0 Å². The molecular weight excluding hydrogens is 410 g/mol. The number of carbonyl (C=O) groups is 1. The molecule has 0 amide bonds. The number of carbonyl (C=O) groups excluding carboxylic acids is 1. The summed E-state index contributed by atoms with van der Waals surface area (Å²) in [4.78, 5) is 13.4. The average Bonchev–Trinajstić information content (AvgIpc) is 3.33. The first kappa shape index (κ1) is 21.9. The summed E-state index contributed by atoms with van der Waals surface area (Å²) < 4.78 is 13.9. The maximum atomic E-state index is 13.4. The van der Waals surface area contributed by atoms with E-state index in [2.05, 4.69) is 60.0 Å². The van der Waals surface area contributed by atoms with E-state index in [0.717, 1.165) is 41.5 Å². The third-order valence-electron chi connectivity index (χ3n) is 6.71. The van der Waals surface area contributed by atoms with E-state index in [9.17, 15) is 4.79 Å². The third-order valence-corrected chi connectivity index (χ3v) is 6.71. The number of hydrogen-bond acceptors (Lipinski definition) is 3. The summed E-state index contributed by atoms with van der Waals surface area (Å²) >= 11 is 0. The van der Waals surface area contributed by atoms with Crippen molar-refractivity contribution >= 4 is 27.6 Å². The fourth-order valence-electron chi connectivity index (χ4n) is 5.06. The molecule has 0 bridgehead atoms. The Kier molecular flexibility index (Phi) is 5.59. The molecule has 1 aromatic heterocycles. The summed E-state index contributed by atoms with van der Waals surface area (Å²) in [5, 5.41) is 2.33. The maximum absolute atomic E-state index is 13.4. The molecule has 33 heavy (non-hydrogen) atoms. The van der Waals surface area contributed by atoms with Gasteiger partial charge in [0.1, 0.15) is 0 Å². The van der Waals surface area contributed by atoms with E-state index >= 15 is 0 Å². The highest BCUT2D eigenvalue weighted by Crippen LogP contribution is 2.31. The van der Waals surface area contributed by atoms with Crippen molar-refractivity contribution in [3.8, 4) is 0 Å². The van der Waals surface area contributed by atoms with Gasteiger partial charge in [-0.3, -0.25) is 4.79 Å². The minimum Gasteiger partial charge on any atom is -0.348 e. The molecule has 0 radical (unpaired) electrons. The number of aryl methyl sites for hydroxylation is 3. The summed E-state index contributed by atoms with van der Waals surface area (Å²) in [6.45, 7) is 9.62. The molecule has 1 aliphatic heterocycles. The molecular formula is C29H31NO3. The van der Waals surface area contributed by atoms with Crippen molar-refractivity contribution in [1.29, 1.82) is 0 Å². The van der Waals surface area contributed by atoms with Crippen LogP contribution in [0.3, 0.4) is 0 Å². The Morgan fingerprint density at radius 3 is 2.55 bits per heavy atom. The monoisotopic (exact) mass is 441 g/mol. The van der Waals surface area contributed by atoms with Crippen LogP contribution in [0.15, 0.2) is 60.7 Å². The highest BCUT2D eigenvalue weighted by molar-refractivity contribution is 6.15. The lowest BCUT2D eigenvalue weighted by atomic mass is 9.95. The number of aromatic nitrogens is 1. The van der Waals surface area contributed by atoms with Crippen LogP contribution in [0, 0.1) is 6.92 Å². The van der Waals surface area contributed by atoms with Crippen LogP contribution in [0.4, 0.5) is 0 Å². The van der Waals surface area contributed by atoms with E-state index in [4.69, 9.17) is 9.47 Å². The second kappa shape index (κ2) is 8.44. The van der Waals surface area contributed by atoms with Gasteiger partial charge in [0.25, 0.3) is 0 Å². The molecule has 4 aromatic rings. The molecule has 2 heterocycles. The zero-order chi connectivity index (χ0) is 23.2. The molecule has 4 heteroatoms. The van der Waals surface area contributed by atoms with Crippen molar-refractivity contribution in [1.82, 2.24) is 4.57 Å². The predicted octanol–water partition coefficient (Wildman–Crippen LogP) is 6.44. The van der Waals surface area contributed by atoms with E-state index in [0.29, 0.717) is 6.61 Å². The lowest BCUT2D eigenvalue weighted by Gasteiger charge is -2.17. The highest BCUT2D eigenvalue weighted by Gasteiger charge is 2.32. The van der Waals surface area contributed by atoms with Gasteiger partial charge < -0.3 is 14.0 Å². The molecule has 0 spiro atoms. The number of ketones is 1. The standard InChI is InChI=1S/C29H31NO3/c1-5-30-26-9-7-6-8-24(26)25-17-21(12-15-27(25)30)28(31)23-14-11-20(16-19(23)2)10-13-22-18-32-29(3,4)33-22/h6-9,11-12,14-17,22H,5,10,13,18H2,1-4H3. The van der Waals surface area contributed by atoms with Gasteiger partial charge in [-0.2, -0.15) is 0 Å². The Balaban J connectivity index is 1.39. The van der Waals surface area contributed by atoms with Gasteiger partial charge in [0.15, 0.2) is 11.6 Å². The summed E-state index contributed by atoms with van der Waals surface area (Å²) in [5.41, 5.74) is 6.11. The van der Waals surface area contributed by atoms with Gasteiger partial charge in [-0.15, -0.1) is 0 Å². The summed E-state index contributed by atoms with van der Waals surface area (Å²) in [5.74, 6) is -0.412. The Hall–Kier alpha value is -2.95. The number of hydrogen-bond donors (Lipinski definition) is 0. The molecule has 3 aromatic carbocycles. The zero-order valence-corrected chi connectivity index (χ0v) is 19.9. The average molecular weight is 442 g/mol. The first-order valence-electron chi connectivity index (χ1n) is 11.8. The quantitative estimate of drug-likeness (QED) is 0.323. The fourth-order valence-corrected chi connectivity index (χ4v) is 5.06. The van der Waals surface area contributed by atoms with Crippen molar-refractivity contribution < 1.29 is 14.3 Å². The molecule has 4 nitrogen and oxygen atoms in total. The number of rotatable bonds is 6. The normalized spacial score (nSPS) is 17.8. The molecule has 170 valence electrons. The van der Waals surface area contributed by atoms with Crippen LogP contribution < -0.4 is 0 Å². The summed E-state index contributed by atoms with van der Waals surface area (Å²) in [7, 11) is 0. The molecule has 1 aliphatic rings. The van der Waals surface area contributed by atoms with Gasteiger partial charge in [0.2, 0.25) is 0 Å². The Bertz CT molecular complexity index is 1350. The van der Waals surface area contributed by atoms with Gasteiger partial charge in [0, 0.05) is 39.5 Å². The third kappa shape index (κ3) is 4.09. The lowest BCUT2D eigenvalue weighted by Crippen LogP contribution is -2.21. The Labute approximate surface area is 195 Å². The van der Waals surface area contributed by atoms with Crippen LogP contribution in [0.25, 0.3) is 21.8 Å². The number of ether oxygens (including phenoxy) is 2. The van der Waals surface area contributed by atoms with Gasteiger partial charge in [-0.1, -0.05) is 36.4 Å². The molecule has 1 atom stereocenters. The van der Waals surface area contributed by atoms with Crippen LogP contribution in [0.1, 0.15) is 54.2 Å². The fraction of sp³-hybridized carbons (Fsp3) is 0.345. The van der Waals surface area contributed by atoms with Gasteiger partial charge in [-0.05, 0) is 75.9 Å². The predicted molar refractivity (Wildman–Crippen MR) is 133 cm³/mol. The first-order valence-corrected chi connectivity index (χ1v) is 11.8. The van der Waals surface area contributed by atoms with Crippen molar-refractivity contribution in [2.24, 2.45) is 0 Å². The van der Waals surface area contributed by atoms with Crippen molar-refractivity contribution in [2.75, 3.05) is 6.61 Å². The van der Waals surface area contributed by atoms with E-state index in [1.54, 1.807) is 0 Å². The Morgan fingerprint density at radius 2 is 1.82 bits per heavy atom. The zero-order valence-electron chi connectivity index (χ0n) is 19.9. The van der Waals surface area contributed by atoms with Crippen LogP contribution in [0.2, 0.25) is 0 Å². The second-order valence-corrected chi connectivity index (χ2v) is 9.46. The molecule has 1 fully saturated rings. The summed E-state index contributed by atoms with van der Waals surface area (Å²) in [6, 6.07) is 20.7. The SMILES string of the molecule is CCn1c2ccccc2c2cc(C(=O)c3ccc(CCC4COC(C)(C)O4)cc3C)ccc21. The largest absolute Gasteiger partial charge is 0.348 e. The van der Waals surface area contributed by atoms with Crippen LogP contribution in [0.5, 0.6) is 0 Å². The van der Waals surface area contributed by atoms with Gasteiger partial charge >= 0.3 is 0 Å². The molecule has 5 rings (SSSR count). The Morgan fingerprint density at radius 1 is 1.03 bits per heavy atom. The minimum absolute atomic E-state index is 0.0727. The first-order chi connectivity index (χ1) is 15.9. The van der Waals surface area contributed by atoms with Crippen LogP contribution in [-0.2, 0) is 22.4 Å². The molecule has 1 saturated heterocycles. The number of para-hydroxylation sites is 1. The number of nitrogens with zero attached hydrogens (tertiary/aromatic N) is 1. The molecule has 0 saturated carbocycles. The van der Waals surface area contributed by atoms with Gasteiger partial charge in [-0.25, -0.2) is 0 Å². The van der Waals surface area contributed by atoms with Crippen LogP contribution in [-0.4, -0.2) is 28.8 Å². The number of benzene rings is 3. The van der Waals surface area contributed by atoms with Crippen molar-refractivity contribution in [3.63, 3.8) is 0 Å². The summed E-state index contributed by atoms with van der Waals surface area (Å²) in [6.07, 6.45) is 1.94.